The lowest BCUT2D eigenvalue weighted by Gasteiger charge is -2.28. The van der Waals surface area contributed by atoms with Crippen LogP contribution in [0.15, 0.2) is 60.8 Å². The fraction of sp³-hybridized carbons (Fsp3) is 0.214. The normalized spacial score (nSPS) is 13.3. The zero-order valence-corrected chi connectivity index (χ0v) is 19.9. The third-order valence-corrected chi connectivity index (χ3v) is 6.53. The van der Waals surface area contributed by atoms with E-state index in [1.165, 1.54) is 12.1 Å². The molecule has 2 aromatic carbocycles. The number of rotatable bonds is 5. The SMILES string of the molecule is COc1cc2c(cc1OC)CN(C(=O)/C=C/c1c(-c3ccc(F)cc3)n(C)c3ncccc13)CC2. The molecule has 178 valence electrons. The Bertz CT molecular complexity index is 1440. The summed E-state index contributed by atoms with van der Waals surface area (Å²) < 4.78 is 26.4. The van der Waals surface area contributed by atoms with E-state index in [-0.39, 0.29) is 11.7 Å². The van der Waals surface area contributed by atoms with Crippen LogP contribution in [0.25, 0.3) is 28.4 Å². The minimum atomic E-state index is -0.294. The maximum Gasteiger partial charge on any atom is 0.246 e. The van der Waals surface area contributed by atoms with Crippen molar-refractivity contribution in [2.45, 2.75) is 13.0 Å². The Labute approximate surface area is 203 Å². The van der Waals surface area contributed by atoms with Gasteiger partial charge in [0.1, 0.15) is 11.5 Å². The molecule has 0 fully saturated rings. The quantitative estimate of drug-likeness (QED) is 0.385. The van der Waals surface area contributed by atoms with Crippen LogP contribution in [0.1, 0.15) is 16.7 Å². The number of fused-ring (bicyclic) bond motifs is 2. The van der Waals surface area contributed by atoms with Crippen LogP contribution in [0, 0.1) is 5.82 Å². The molecule has 7 heteroatoms. The fourth-order valence-corrected chi connectivity index (χ4v) is 4.75. The smallest absolute Gasteiger partial charge is 0.246 e. The minimum absolute atomic E-state index is 0.0728. The van der Waals surface area contributed by atoms with E-state index >= 15 is 0 Å². The van der Waals surface area contributed by atoms with E-state index in [0.29, 0.717) is 24.6 Å². The summed E-state index contributed by atoms with van der Waals surface area (Å²) in [5.74, 6) is 0.987. The molecule has 0 saturated carbocycles. The molecule has 2 aromatic heterocycles. The van der Waals surface area contributed by atoms with Gasteiger partial charge in [-0.3, -0.25) is 4.79 Å². The molecule has 0 unspecified atom stereocenters. The number of carbonyl (C=O) groups excluding carboxylic acids is 1. The molecule has 1 amide bonds. The lowest BCUT2D eigenvalue weighted by molar-refractivity contribution is -0.126. The van der Waals surface area contributed by atoms with Gasteiger partial charge in [0, 0.05) is 43.4 Å². The zero-order chi connectivity index (χ0) is 24.5. The summed E-state index contributed by atoms with van der Waals surface area (Å²) in [7, 11) is 5.16. The second-order valence-electron chi connectivity index (χ2n) is 8.52. The average molecular weight is 472 g/mol. The Morgan fingerprint density at radius 2 is 1.77 bits per heavy atom. The molecule has 0 saturated heterocycles. The Morgan fingerprint density at radius 1 is 1.06 bits per heavy atom. The number of amides is 1. The van der Waals surface area contributed by atoms with E-state index < -0.39 is 0 Å². The number of aromatic nitrogens is 2. The van der Waals surface area contributed by atoms with Crippen LogP contribution >= 0.6 is 0 Å². The Hall–Kier alpha value is -4.13. The Kier molecular flexibility index (Phi) is 5.99. The van der Waals surface area contributed by atoms with Crippen molar-refractivity contribution in [3.8, 4) is 22.8 Å². The first kappa shape index (κ1) is 22.7. The van der Waals surface area contributed by atoms with Crippen molar-refractivity contribution in [2.24, 2.45) is 7.05 Å². The number of ether oxygens (including phenoxy) is 2. The van der Waals surface area contributed by atoms with Gasteiger partial charge in [0.2, 0.25) is 5.91 Å². The van der Waals surface area contributed by atoms with E-state index in [1.807, 2.05) is 46.9 Å². The molecule has 0 N–H and O–H groups in total. The van der Waals surface area contributed by atoms with Crippen molar-refractivity contribution in [1.82, 2.24) is 14.5 Å². The second-order valence-corrected chi connectivity index (χ2v) is 8.52. The molecule has 0 atom stereocenters. The van der Waals surface area contributed by atoms with Crippen LogP contribution < -0.4 is 9.47 Å². The summed E-state index contributed by atoms with van der Waals surface area (Å²) >= 11 is 0. The van der Waals surface area contributed by atoms with Gasteiger partial charge in [0.25, 0.3) is 0 Å². The van der Waals surface area contributed by atoms with E-state index in [0.717, 1.165) is 45.4 Å². The van der Waals surface area contributed by atoms with Crippen LogP contribution in [-0.2, 0) is 24.8 Å². The number of pyridine rings is 1. The second kappa shape index (κ2) is 9.25. The predicted octanol–water partition coefficient (Wildman–Crippen LogP) is 4.99. The monoisotopic (exact) mass is 471 g/mol. The van der Waals surface area contributed by atoms with Gasteiger partial charge in [-0.25, -0.2) is 9.37 Å². The van der Waals surface area contributed by atoms with Gasteiger partial charge in [0.15, 0.2) is 11.5 Å². The molecular weight excluding hydrogens is 445 g/mol. The minimum Gasteiger partial charge on any atom is -0.493 e. The molecule has 0 spiro atoms. The average Bonchev–Trinajstić information content (AvgIpc) is 3.18. The number of hydrogen-bond acceptors (Lipinski definition) is 4. The number of halogens is 1. The number of hydrogen-bond donors (Lipinski definition) is 0. The van der Waals surface area contributed by atoms with Crippen LogP contribution in [0.5, 0.6) is 11.5 Å². The number of methoxy groups -OCH3 is 2. The standard InChI is InChI=1S/C28H26FN3O3/c1-31-27(18-6-8-21(29)9-7-18)22(23-5-4-13-30-28(23)31)10-11-26(33)32-14-12-19-15-24(34-2)25(35-3)16-20(19)17-32/h4-11,13,15-16H,12,14,17H2,1-3H3/b11-10+. The van der Waals surface area contributed by atoms with Crippen molar-refractivity contribution < 1.29 is 18.7 Å². The van der Waals surface area contributed by atoms with Crippen molar-refractivity contribution >= 4 is 23.0 Å². The van der Waals surface area contributed by atoms with Gasteiger partial charge in [-0.2, -0.15) is 0 Å². The first-order chi connectivity index (χ1) is 17.0. The van der Waals surface area contributed by atoms with Crippen LogP contribution in [0.2, 0.25) is 0 Å². The highest BCUT2D eigenvalue weighted by Gasteiger charge is 2.22. The summed E-state index contributed by atoms with van der Waals surface area (Å²) in [6, 6.07) is 14.2. The number of carbonyl (C=O) groups is 1. The molecule has 35 heavy (non-hydrogen) atoms. The van der Waals surface area contributed by atoms with E-state index in [4.69, 9.17) is 9.47 Å². The largest absolute Gasteiger partial charge is 0.493 e. The highest BCUT2D eigenvalue weighted by atomic mass is 19.1. The number of nitrogens with zero attached hydrogens (tertiary/aromatic N) is 3. The highest BCUT2D eigenvalue weighted by Crippen LogP contribution is 2.35. The van der Waals surface area contributed by atoms with Crippen molar-refractivity contribution in [1.29, 1.82) is 0 Å². The summed E-state index contributed by atoms with van der Waals surface area (Å²) in [6.07, 6.45) is 5.94. The molecule has 3 heterocycles. The molecule has 1 aliphatic heterocycles. The van der Waals surface area contributed by atoms with Crippen molar-refractivity contribution in [3.63, 3.8) is 0 Å². The summed E-state index contributed by atoms with van der Waals surface area (Å²) in [5, 5.41) is 0.930. The Balaban J connectivity index is 1.47. The van der Waals surface area contributed by atoms with Gasteiger partial charge in [0.05, 0.1) is 19.9 Å². The molecule has 0 aliphatic carbocycles. The first-order valence-electron chi connectivity index (χ1n) is 11.4. The summed E-state index contributed by atoms with van der Waals surface area (Å²) in [4.78, 5) is 19.5. The maximum absolute atomic E-state index is 13.6. The lowest BCUT2D eigenvalue weighted by atomic mass is 9.98. The van der Waals surface area contributed by atoms with Crippen LogP contribution in [0.4, 0.5) is 4.39 Å². The molecule has 4 aromatic rings. The van der Waals surface area contributed by atoms with Gasteiger partial charge in [-0.05, 0) is 77.7 Å². The third kappa shape index (κ3) is 4.14. The van der Waals surface area contributed by atoms with E-state index in [2.05, 4.69) is 4.98 Å². The van der Waals surface area contributed by atoms with E-state index in [9.17, 15) is 9.18 Å². The summed E-state index contributed by atoms with van der Waals surface area (Å²) in [5.41, 5.74) is 5.62. The number of aryl methyl sites for hydroxylation is 1. The summed E-state index contributed by atoms with van der Waals surface area (Å²) in [6.45, 7) is 1.12. The molecular formula is C28H26FN3O3. The molecule has 0 bridgehead atoms. The van der Waals surface area contributed by atoms with E-state index in [1.54, 1.807) is 38.6 Å². The van der Waals surface area contributed by atoms with Crippen molar-refractivity contribution in [2.75, 3.05) is 20.8 Å². The van der Waals surface area contributed by atoms with Gasteiger partial charge < -0.3 is 18.9 Å². The van der Waals surface area contributed by atoms with Crippen LogP contribution in [-0.4, -0.2) is 41.1 Å². The predicted molar refractivity (Wildman–Crippen MR) is 134 cm³/mol. The van der Waals surface area contributed by atoms with Gasteiger partial charge in [-0.1, -0.05) is 0 Å². The first-order valence-corrected chi connectivity index (χ1v) is 11.4. The fourth-order valence-electron chi connectivity index (χ4n) is 4.75. The third-order valence-electron chi connectivity index (χ3n) is 6.53. The topological polar surface area (TPSA) is 56.6 Å². The van der Waals surface area contributed by atoms with Crippen LogP contribution in [0.3, 0.4) is 0 Å². The highest BCUT2D eigenvalue weighted by molar-refractivity contribution is 6.00. The number of benzene rings is 2. The molecule has 6 nitrogen and oxygen atoms in total. The van der Waals surface area contributed by atoms with Gasteiger partial charge in [-0.15, -0.1) is 0 Å². The molecule has 5 rings (SSSR count). The lowest BCUT2D eigenvalue weighted by Crippen LogP contribution is -2.34. The molecule has 1 aliphatic rings. The zero-order valence-electron chi connectivity index (χ0n) is 19.9. The van der Waals surface area contributed by atoms with Crippen molar-refractivity contribution in [3.05, 3.63) is 83.3 Å². The molecule has 0 radical (unpaired) electrons. The Morgan fingerprint density at radius 3 is 2.49 bits per heavy atom. The van der Waals surface area contributed by atoms with Gasteiger partial charge >= 0.3 is 0 Å². The maximum atomic E-state index is 13.6.